The number of nitrogens with one attached hydrogen (secondary N) is 2. The molecule has 0 amide bonds. The van der Waals surface area contributed by atoms with Crippen molar-refractivity contribution in [1.82, 2.24) is 10.6 Å². The molecule has 2 atom stereocenters. The fraction of sp³-hybridized carbons (Fsp3) is 0.692. The fourth-order valence-corrected chi connectivity index (χ4v) is 2.72. The van der Waals surface area contributed by atoms with Crippen molar-refractivity contribution in [1.29, 1.82) is 0 Å². The number of thioether (sulfide) groups is 1. The first kappa shape index (κ1) is 15.4. The van der Waals surface area contributed by atoms with Gasteiger partial charge in [-0.05, 0) is 31.9 Å². The van der Waals surface area contributed by atoms with Gasteiger partial charge in [-0.25, -0.2) is 0 Å². The van der Waals surface area contributed by atoms with Crippen LogP contribution in [0.25, 0.3) is 0 Å². The van der Waals surface area contributed by atoms with E-state index >= 15 is 0 Å². The summed E-state index contributed by atoms with van der Waals surface area (Å²) in [5.74, 6) is 0. The van der Waals surface area contributed by atoms with Gasteiger partial charge in [-0.3, -0.25) is 0 Å². The molecule has 2 N–H and O–H groups in total. The summed E-state index contributed by atoms with van der Waals surface area (Å²) < 4.78 is 0. The Labute approximate surface area is 105 Å². The van der Waals surface area contributed by atoms with Crippen molar-refractivity contribution >= 4 is 11.8 Å². The minimum atomic E-state index is 0.491. The summed E-state index contributed by atoms with van der Waals surface area (Å²) in [5.41, 5.74) is 1.13. The Morgan fingerprint density at radius 3 is 2.50 bits per heavy atom. The van der Waals surface area contributed by atoms with Gasteiger partial charge in [-0.15, -0.1) is 11.8 Å². The Bertz CT molecular complexity index is 204. The molecule has 0 aliphatic rings. The Morgan fingerprint density at radius 2 is 2.06 bits per heavy atom. The van der Waals surface area contributed by atoms with E-state index in [9.17, 15) is 0 Å². The maximum atomic E-state index is 3.96. The van der Waals surface area contributed by atoms with E-state index in [2.05, 4.69) is 37.6 Å². The van der Waals surface area contributed by atoms with Crippen LogP contribution in [-0.4, -0.2) is 17.7 Å². The summed E-state index contributed by atoms with van der Waals surface area (Å²) in [6.45, 7) is 12.1. The molecule has 0 spiro atoms. The van der Waals surface area contributed by atoms with Gasteiger partial charge >= 0.3 is 0 Å². The molecule has 0 aromatic heterocycles. The summed E-state index contributed by atoms with van der Waals surface area (Å²) in [6, 6.07) is 0. The van der Waals surface area contributed by atoms with Gasteiger partial charge in [0.2, 0.25) is 0 Å². The first-order chi connectivity index (χ1) is 7.67. The first-order valence-electron chi connectivity index (χ1n) is 6.05. The smallest absolute Gasteiger partial charge is 0.0717 e. The second-order valence-corrected chi connectivity index (χ2v) is 5.33. The quantitative estimate of drug-likeness (QED) is 0.574. The normalized spacial score (nSPS) is 13.9. The van der Waals surface area contributed by atoms with Gasteiger partial charge in [0.15, 0.2) is 0 Å². The lowest BCUT2D eigenvalue weighted by molar-refractivity contribution is 0.687. The molecule has 0 saturated heterocycles. The van der Waals surface area contributed by atoms with Gasteiger partial charge in [0.05, 0.1) is 5.37 Å². The molecule has 3 heteroatoms. The summed E-state index contributed by atoms with van der Waals surface area (Å²) in [6.07, 6.45) is 6.38. The van der Waals surface area contributed by atoms with Crippen molar-refractivity contribution in [3.8, 4) is 0 Å². The predicted octanol–water partition coefficient (Wildman–Crippen LogP) is 3.48. The van der Waals surface area contributed by atoms with E-state index < -0.39 is 0 Å². The van der Waals surface area contributed by atoms with Crippen LogP contribution in [0.3, 0.4) is 0 Å². The molecular weight excluding hydrogens is 216 g/mol. The summed E-state index contributed by atoms with van der Waals surface area (Å²) in [4.78, 5) is 0. The molecule has 0 rings (SSSR count). The van der Waals surface area contributed by atoms with Gasteiger partial charge in [-0.2, -0.15) is 0 Å². The zero-order chi connectivity index (χ0) is 12.4. The zero-order valence-electron chi connectivity index (χ0n) is 10.9. The van der Waals surface area contributed by atoms with Gasteiger partial charge in [-0.1, -0.05) is 27.0 Å². The molecule has 0 bridgehead atoms. The van der Waals surface area contributed by atoms with E-state index in [0.29, 0.717) is 10.6 Å². The number of rotatable bonds is 10. The highest BCUT2D eigenvalue weighted by Crippen LogP contribution is 2.25. The average molecular weight is 242 g/mol. The van der Waals surface area contributed by atoms with Crippen molar-refractivity contribution in [3.63, 3.8) is 0 Å². The van der Waals surface area contributed by atoms with Crippen molar-refractivity contribution in [2.45, 2.75) is 50.2 Å². The summed E-state index contributed by atoms with van der Waals surface area (Å²) in [5, 5.41) is 7.58. The summed E-state index contributed by atoms with van der Waals surface area (Å²) >= 11 is 2.02. The third kappa shape index (κ3) is 6.83. The largest absolute Gasteiger partial charge is 0.392 e. The van der Waals surface area contributed by atoms with Gasteiger partial charge in [0, 0.05) is 18.0 Å². The second kappa shape index (κ2) is 9.64. The molecule has 0 saturated carbocycles. The van der Waals surface area contributed by atoms with Gasteiger partial charge in [0.25, 0.3) is 0 Å². The van der Waals surface area contributed by atoms with Crippen LogP contribution >= 0.6 is 11.8 Å². The highest BCUT2D eigenvalue weighted by atomic mass is 32.2. The SMILES string of the molecule is C=CNC(CC)SC(CC)CCC(=C)NC. The molecule has 0 aromatic rings. The minimum absolute atomic E-state index is 0.491. The number of hydrogen-bond donors (Lipinski definition) is 2. The van der Waals surface area contributed by atoms with Gasteiger partial charge < -0.3 is 10.6 Å². The molecule has 0 aromatic carbocycles. The molecule has 0 radical (unpaired) electrons. The monoisotopic (exact) mass is 242 g/mol. The molecule has 94 valence electrons. The molecule has 0 aliphatic heterocycles. The van der Waals surface area contributed by atoms with E-state index in [4.69, 9.17) is 0 Å². The van der Waals surface area contributed by atoms with Crippen LogP contribution in [0.15, 0.2) is 25.1 Å². The Hall–Kier alpha value is -0.570. The van der Waals surface area contributed by atoms with Crippen LogP contribution in [0, 0.1) is 0 Å². The van der Waals surface area contributed by atoms with Crippen LogP contribution in [0.4, 0.5) is 0 Å². The molecule has 2 unspecified atom stereocenters. The van der Waals surface area contributed by atoms with E-state index in [1.807, 2.05) is 18.8 Å². The third-order valence-electron chi connectivity index (χ3n) is 2.61. The third-order valence-corrected chi connectivity index (χ3v) is 4.36. The number of hydrogen-bond acceptors (Lipinski definition) is 3. The highest BCUT2D eigenvalue weighted by molar-refractivity contribution is 8.00. The van der Waals surface area contributed by atoms with E-state index in [1.165, 1.54) is 12.8 Å². The minimum Gasteiger partial charge on any atom is -0.392 e. The lowest BCUT2D eigenvalue weighted by Gasteiger charge is -2.22. The lowest BCUT2D eigenvalue weighted by atomic mass is 10.1. The standard InChI is InChI=1S/C13H26N2S/c1-6-12(10-9-11(4)14-5)16-13(7-2)15-8-3/h8,12-15H,3-4,6-7,9-10H2,1-2,5H3. The van der Waals surface area contributed by atoms with E-state index in [0.717, 1.165) is 18.5 Å². The molecule has 2 nitrogen and oxygen atoms in total. The number of allylic oxidation sites excluding steroid dienone is 1. The van der Waals surface area contributed by atoms with Crippen molar-refractivity contribution in [2.24, 2.45) is 0 Å². The van der Waals surface area contributed by atoms with Crippen LogP contribution in [-0.2, 0) is 0 Å². The molecule has 0 aliphatic carbocycles. The molecule has 0 fully saturated rings. The first-order valence-corrected chi connectivity index (χ1v) is 7.00. The van der Waals surface area contributed by atoms with Crippen molar-refractivity contribution in [2.75, 3.05) is 7.05 Å². The van der Waals surface area contributed by atoms with Crippen LogP contribution in [0.2, 0.25) is 0 Å². The Balaban J connectivity index is 3.96. The Kier molecular flexibility index (Phi) is 9.30. The predicted molar refractivity (Wildman–Crippen MR) is 76.5 cm³/mol. The van der Waals surface area contributed by atoms with Crippen LogP contribution < -0.4 is 10.6 Å². The topological polar surface area (TPSA) is 24.1 Å². The van der Waals surface area contributed by atoms with Crippen LogP contribution in [0.1, 0.15) is 39.5 Å². The van der Waals surface area contributed by atoms with Crippen LogP contribution in [0.5, 0.6) is 0 Å². The van der Waals surface area contributed by atoms with Gasteiger partial charge in [0.1, 0.15) is 0 Å². The maximum Gasteiger partial charge on any atom is 0.0717 e. The lowest BCUT2D eigenvalue weighted by Crippen LogP contribution is -2.22. The fourth-order valence-electron chi connectivity index (χ4n) is 1.45. The van der Waals surface area contributed by atoms with E-state index in [-0.39, 0.29) is 0 Å². The van der Waals surface area contributed by atoms with E-state index in [1.54, 1.807) is 6.20 Å². The maximum absolute atomic E-state index is 3.96. The van der Waals surface area contributed by atoms with Crippen molar-refractivity contribution in [3.05, 3.63) is 25.1 Å². The molecule has 16 heavy (non-hydrogen) atoms. The highest BCUT2D eigenvalue weighted by Gasteiger charge is 2.13. The second-order valence-electron chi connectivity index (χ2n) is 3.83. The molecule has 0 heterocycles. The average Bonchev–Trinajstić information content (AvgIpc) is 2.32. The van der Waals surface area contributed by atoms with Crippen molar-refractivity contribution < 1.29 is 0 Å². The molecular formula is C13H26N2S. The Morgan fingerprint density at radius 1 is 1.38 bits per heavy atom. The summed E-state index contributed by atoms with van der Waals surface area (Å²) in [7, 11) is 1.94. The zero-order valence-corrected chi connectivity index (χ0v) is 11.7.